The van der Waals surface area contributed by atoms with Crippen LogP contribution in [-0.2, 0) is 13.0 Å². The van der Waals surface area contributed by atoms with Crippen LogP contribution in [0.2, 0.25) is 0 Å². The van der Waals surface area contributed by atoms with Gasteiger partial charge in [0.05, 0.1) is 5.69 Å². The van der Waals surface area contributed by atoms with Crippen molar-refractivity contribution in [3.05, 3.63) is 47.5 Å². The second kappa shape index (κ2) is 8.31. The minimum Gasteiger partial charge on any atom is -0.370 e. The van der Waals surface area contributed by atoms with Gasteiger partial charge in [-0.25, -0.2) is 0 Å². The summed E-state index contributed by atoms with van der Waals surface area (Å²) in [6.45, 7) is 8.50. The van der Waals surface area contributed by atoms with Crippen molar-refractivity contribution in [3.8, 4) is 0 Å². The summed E-state index contributed by atoms with van der Waals surface area (Å²) >= 11 is 0. The Labute approximate surface area is 137 Å². The maximum absolute atomic E-state index is 5.91. The standard InChI is InChI=1S/C17H26N6/c1-13(12-23-15(3)10-14(2)22-23)11-21-17(18)20-9-7-16-6-4-5-8-19-16/h4-6,8,10,13H,7,9,11-12H2,1-3H3,(H3,18,20,21)/t13-/m0/s1. The van der Waals surface area contributed by atoms with E-state index in [0.717, 1.165) is 30.9 Å². The Bertz CT molecular complexity index is 632. The van der Waals surface area contributed by atoms with Crippen LogP contribution >= 0.6 is 0 Å². The molecule has 0 amide bonds. The lowest BCUT2D eigenvalue weighted by atomic mass is 10.2. The first-order chi connectivity index (χ1) is 11.0. The summed E-state index contributed by atoms with van der Waals surface area (Å²) in [5.74, 6) is 0.866. The number of hydrogen-bond acceptors (Lipinski definition) is 3. The topological polar surface area (TPSA) is 81.1 Å². The third kappa shape index (κ3) is 5.73. The third-order valence-electron chi connectivity index (χ3n) is 3.57. The van der Waals surface area contributed by atoms with E-state index in [1.165, 1.54) is 5.69 Å². The lowest BCUT2D eigenvalue weighted by molar-refractivity contribution is 0.450. The van der Waals surface area contributed by atoms with Gasteiger partial charge in [0.2, 0.25) is 0 Å². The van der Waals surface area contributed by atoms with Crippen molar-refractivity contribution in [1.29, 1.82) is 0 Å². The fourth-order valence-corrected chi connectivity index (χ4v) is 2.39. The highest BCUT2D eigenvalue weighted by Crippen LogP contribution is 2.06. The third-order valence-corrected chi connectivity index (χ3v) is 3.57. The molecular weight excluding hydrogens is 288 g/mol. The molecular formula is C17H26N6. The second-order valence-electron chi connectivity index (χ2n) is 5.94. The van der Waals surface area contributed by atoms with E-state index in [1.807, 2.05) is 29.8 Å². The second-order valence-corrected chi connectivity index (χ2v) is 5.94. The molecule has 2 aromatic rings. The van der Waals surface area contributed by atoms with Crippen LogP contribution in [0.5, 0.6) is 0 Å². The fourth-order valence-electron chi connectivity index (χ4n) is 2.39. The molecule has 2 heterocycles. The smallest absolute Gasteiger partial charge is 0.188 e. The molecule has 0 saturated carbocycles. The van der Waals surface area contributed by atoms with Gasteiger partial charge in [0.15, 0.2) is 5.96 Å². The first-order valence-electron chi connectivity index (χ1n) is 7.99. The summed E-state index contributed by atoms with van der Waals surface area (Å²) in [4.78, 5) is 8.69. The molecule has 23 heavy (non-hydrogen) atoms. The molecule has 0 saturated heterocycles. The molecule has 0 aliphatic rings. The van der Waals surface area contributed by atoms with E-state index in [4.69, 9.17) is 5.73 Å². The van der Waals surface area contributed by atoms with Crippen LogP contribution in [0.4, 0.5) is 0 Å². The van der Waals surface area contributed by atoms with Crippen molar-refractivity contribution in [3.63, 3.8) is 0 Å². The van der Waals surface area contributed by atoms with Crippen molar-refractivity contribution in [1.82, 2.24) is 20.1 Å². The number of nitrogens with one attached hydrogen (secondary N) is 1. The SMILES string of the molecule is Cc1cc(C)n(C[C@@H](C)CN=C(N)NCCc2ccccn2)n1. The Morgan fingerprint density at radius 2 is 2.22 bits per heavy atom. The van der Waals surface area contributed by atoms with Gasteiger partial charge in [0, 0.05) is 43.6 Å². The zero-order valence-electron chi connectivity index (χ0n) is 14.2. The lowest BCUT2D eigenvalue weighted by Gasteiger charge is -2.11. The van der Waals surface area contributed by atoms with Crippen molar-refractivity contribution in [2.75, 3.05) is 13.1 Å². The molecule has 2 rings (SSSR count). The van der Waals surface area contributed by atoms with Gasteiger partial charge in [0.1, 0.15) is 0 Å². The van der Waals surface area contributed by atoms with E-state index in [-0.39, 0.29) is 0 Å². The van der Waals surface area contributed by atoms with Crippen molar-refractivity contribution in [2.45, 2.75) is 33.7 Å². The van der Waals surface area contributed by atoms with Crippen molar-refractivity contribution in [2.24, 2.45) is 16.6 Å². The predicted octanol–water partition coefficient (Wildman–Crippen LogP) is 1.68. The van der Waals surface area contributed by atoms with Gasteiger partial charge in [0.25, 0.3) is 0 Å². The van der Waals surface area contributed by atoms with Gasteiger partial charge in [-0.1, -0.05) is 13.0 Å². The average Bonchev–Trinajstić information content (AvgIpc) is 2.84. The first kappa shape index (κ1) is 17.0. The van der Waals surface area contributed by atoms with Gasteiger partial charge in [-0.05, 0) is 38.0 Å². The number of pyridine rings is 1. The summed E-state index contributed by atoms with van der Waals surface area (Å²) in [5.41, 5.74) is 9.19. The van der Waals surface area contributed by atoms with E-state index in [9.17, 15) is 0 Å². The van der Waals surface area contributed by atoms with Crippen LogP contribution in [0.25, 0.3) is 0 Å². The Morgan fingerprint density at radius 3 is 2.87 bits per heavy atom. The molecule has 0 aliphatic carbocycles. The molecule has 0 unspecified atom stereocenters. The van der Waals surface area contributed by atoms with Gasteiger partial charge >= 0.3 is 0 Å². The molecule has 2 aromatic heterocycles. The predicted molar refractivity (Wildman–Crippen MR) is 93.3 cm³/mol. The number of hydrogen-bond donors (Lipinski definition) is 2. The van der Waals surface area contributed by atoms with Gasteiger partial charge < -0.3 is 11.1 Å². The highest BCUT2D eigenvalue weighted by Gasteiger charge is 2.07. The Kier molecular flexibility index (Phi) is 6.14. The molecule has 6 heteroatoms. The van der Waals surface area contributed by atoms with Crippen LogP contribution in [0.3, 0.4) is 0 Å². The van der Waals surface area contributed by atoms with Gasteiger partial charge in [-0.15, -0.1) is 0 Å². The fraction of sp³-hybridized carbons (Fsp3) is 0.471. The van der Waals surface area contributed by atoms with E-state index >= 15 is 0 Å². The number of rotatable bonds is 7. The summed E-state index contributed by atoms with van der Waals surface area (Å²) in [6, 6.07) is 7.99. The number of guanidine groups is 1. The summed E-state index contributed by atoms with van der Waals surface area (Å²) in [5, 5.41) is 7.61. The summed E-state index contributed by atoms with van der Waals surface area (Å²) in [7, 11) is 0. The molecule has 0 aromatic carbocycles. The molecule has 6 nitrogen and oxygen atoms in total. The highest BCUT2D eigenvalue weighted by atomic mass is 15.3. The average molecular weight is 314 g/mol. The molecule has 0 fully saturated rings. The zero-order chi connectivity index (χ0) is 16.7. The molecule has 0 bridgehead atoms. The number of aromatic nitrogens is 3. The van der Waals surface area contributed by atoms with E-state index in [2.05, 4.69) is 40.3 Å². The minimum atomic E-state index is 0.379. The molecule has 0 radical (unpaired) electrons. The van der Waals surface area contributed by atoms with Crippen LogP contribution in [0.1, 0.15) is 24.0 Å². The molecule has 0 spiro atoms. The maximum Gasteiger partial charge on any atom is 0.188 e. The Balaban J connectivity index is 1.72. The first-order valence-corrected chi connectivity index (χ1v) is 7.99. The van der Waals surface area contributed by atoms with Crippen molar-refractivity contribution >= 4 is 5.96 Å². The molecule has 0 aliphatic heterocycles. The summed E-state index contributed by atoms with van der Waals surface area (Å²) < 4.78 is 2.03. The van der Waals surface area contributed by atoms with Gasteiger partial charge in [-0.2, -0.15) is 5.10 Å². The van der Waals surface area contributed by atoms with Crippen LogP contribution < -0.4 is 11.1 Å². The maximum atomic E-state index is 5.91. The van der Waals surface area contributed by atoms with Crippen LogP contribution in [-0.4, -0.2) is 33.8 Å². The Hall–Kier alpha value is -2.37. The summed E-state index contributed by atoms with van der Waals surface area (Å²) in [6.07, 6.45) is 2.63. The lowest BCUT2D eigenvalue weighted by Crippen LogP contribution is -2.34. The number of aryl methyl sites for hydroxylation is 2. The van der Waals surface area contributed by atoms with Crippen molar-refractivity contribution < 1.29 is 0 Å². The van der Waals surface area contributed by atoms with E-state index in [1.54, 1.807) is 6.20 Å². The number of nitrogens with zero attached hydrogens (tertiary/aromatic N) is 4. The van der Waals surface area contributed by atoms with Crippen LogP contribution in [0.15, 0.2) is 35.5 Å². The molecule has 1 atom stereocenters. The quantitative estimate of drug-likeness (QED) is 0.602. The molecule has 3 N–H and O–H groups in total. The van der Waals surface area contributed by atoms with Crippen LogP contribution in [0, 0.1) is 19.8 Å². The minimum absolute atomic E-state index is 0.379. The normalized spacial score (nSPS) is 13.1. The zero-order valence-corrected chi connectivity index (χ0v) is 14.2. The number of aliphatic imine (C=N–C) groups is 1. The monoisotopic (exact) mass is 314 g/mol. The van der Waals surface area contributed by atoms with E-state index < -0.39 is 0 Å². The van der Waals surface area contributed by atoms with Gasteiger partial charge in [-0.3, -0.25) is 14.7 Å². The van der Waals surface area contributed by atoms with E-state index in [0.29, 0.717) is 18.4 Å². The number of nitrogens with two attached hydrogens (primary N) is 1. The largest absolute Gasteiger partial charge is 0.370 e. The highest BCUT2D eigenvalue weighted by molar-refractivity contribution is 5.77. The molecule has 124 valence electrons. The Morgan fingerprint density at radius 1 is 1.39 bits per heavy atom.